The van der Waals surface area contributed by atoms with Crippen LogP contribution in [0.4, 0.5) is 5.82 Å². The van der Waals surface area contributed by atoms with E-state index in [1.807, 2.05) is 35.2 Å². The molecule has 0 spiro atoms. The third kappa shape index (κ3) is 3.18. The van der Waals surface area contributed by atoms with Gasteiger partial charge in [0.2, 0.25) is 0 Å². The summed E-state index contributed by atoms with van der Waals surface area (Å²) in [5.74, 6) is 1.35. The van der Waals surface area contributed by atoms with Crippen LogP contribution < -0.4 is 16.6 Å². The number of nitrogens with one attached hydrogen (secondary N) is 2. The highest BCUT2D eigenvalue weighted by Gasteiger charge is 2.23. The van der Waals surface area contributed by atoms with Gasteiger partial charge < -0.3 is 9.73 Å². The molecule has 26 heavy (non-hydrogen) atoms. The summed E-state index contributed by atoms with van der Waals surface area (Å²) in [4.78, 5) is 29.1. The molecule has 3 aromatic rings. The number of halogens is 1. The van der Waals surface area contributed by atoms with E-state index in [2.05, 4.69) is 10.3 Å². The minimum absolute atomic E-state index is 0.281. The maximum absolute atomic E-state index is 12.4. The van der Waals surface area contributed by atoms with Gasteiger partial charge in [0.25, 0.3) is 5.56 Å². The average Bonchev–Trinajstić information content (AvgIpc) is 3.13. The summed E-state index contributed by atoms with van der Waals surface area (Å²) in [6.07, 6.45) is 1.62. The van der Waals surface area contributed by atoms with Crippen molar-refractivity contribution in [3.63, 3.8) is 0 Å². The number of aromatic nitrogens is 2. The first-order valence-corrected chi connectivity index (χ1v) is 8.57. The highest BCUT2D eigenvalue weighted by atomic mass is 35.5. The SMILES string of the molecule is O=c1[nH]c(=O)n(Cc2ccccc2Cl)c2c1CN(Cc1ccco1)CN2. The van der Waals surface area contributed by atoms with Crippen molar-refractivity contribution < 1.29 is 4.42 Å². The Kier molecular flexibility index (Phi) is 4.40. The fourth-order valence-corrected chi connectivity index (χ4v) is 3.31. The lowest BCUT2D eigenvalue weighted by Crippen LogP contribution is -2.43. The van der Waals surface area contributed by atoms with Gasteiger partial charge in [0.05, 0.1) is 31.6 Å². The molecular formula is C18H17ClN4O3. The third-order valence-corrected chi connectivity index (χ3v) is 4.76. The molecule has 1 aliphatic rings. The number of rotatable bonds is 4. The zero-order valence-electron chi connectivity index (χ0n) is 13.9. The molecule has 0 amide bonds. The number of H-pyrrole nitrogens is 1. The average molecular weight is 373 g/mol. The van der Waals surface area contributed by atoms with Crippen LogP contribution in [0.1, 0.15) is 16.9 Å². The molecule has 8 heteroatoms. The van der Waals surface area contributed by atoms with Gasteiger partial charge in [-0.05, 0) is 23.8 Å². The zero-order chi connectivity index (χ0) is 18.1. The van der Waals surface area contributed by atoms with Crippen LogP contribution in [-0.2, 0) is 19.6 Å². The van der Waals surface area contributed by atoms with E-state index in [1.165, 1.54) is 4.57 Å². The summed E-state index contributed by atoms with van der Waals surface area (Å²) < 4.78 is 6.88. The van der Waals surface area contributed by atoms with Crippen molar-refractivity contribution in [3.05, 3.63) is 85.4 Å². The topological polar surface area (TPSA) is 83.3 Å². The van der Waals surface area contributed by atoms with Crippen molar-refractivity contribution in [1.29, 1.82) is 0 Å². The Labute approximate surface area is 153 Å². The first-order chi connectivity index (χ1) is 12.6. The summed E-state index contributed by atoms with van der Waals surface area (Å²) in [5, 5.41) is 3.78. The van der Waals surface area contributed by atoms with E-state index < -0.39 is 5.69 Å². The smallest absolute Gasteiger partial charge is 0.330 e. The first kappa shape index (κ1) is 16.7. The van der Waals surface area contributed by atoms with Crippen molar-refractivity contribution in [2.45, 2.75) is 19.6 Å². The molecule has 7 nitrogen and oxygen atoms in total. The van der Waals surface area contributed by atoms with E-state index in [0.29, 0.717) is 36.2 Å². The molecule has 1 aliphatic heterocycles. The van der Waals surface area contributed by atoms with E-state index in [0.717, 1.165) is 11.3 Å². The molecule has 3 heterocycles. The van der Waals surface area contributed by atoms with Gasteiger partial charge in [-0.3, -0.25) is 19.2 Å². The number of nitrogens with zero attached hydrogens (tertiary/aromatic N) is 2. The second-order valence-corrected chi connectivity index (χ2v) is 6.57. The summed E-state index contributed by atoms with van der Waals surface area (Å²) in [6.45, 7) is 1.77. The Morgan fingerprint density at radius 2 is 1.96 bits per heavy atom. The molecule has 0 aliphatic carbocycles. The lowest BCUT2D eigenvalue weighted by atomic mass is 10.2. The maximum Gasteiger partial charge on any atom is 0.330 e. The van der Waals surface area contributed by atoms with Crippen molar-refractivity contribution in [3.8, 4) is 0 Å². The van der Waals surface area contributed by atoms with Gasteiger partial charge in [0, 0.05) is 11.6 Å². The largest absolute Gasteiger partial charge is 0.468 e. The molecule has 134 valence electrons. The van der Waals surface area contributed by atoms with Gasteiger partial charge in [0.1, 0.15) is 11.6 Å². The highest BCUT2D eigenvalue weighted by Crippen LogP contribution is 2.22. The Hall–Kier alpha value is -2.77. The third-order valence-electron chi connectivity index (χ3n) is 4.39. The van der Waals surface area contributed by atoms with Crippen LogP contribution in [0.5, 0.6) is 0 Å². The van der Waals surface area contributed by atoms with Crippen LogP contribution in [0, 0.1) is 0 Å². The molecule has 4 rings (SSSR count). The summed E-state index contributed by atoms with van der Waals surface area (Å²) >= 11 is 6.22. The molecular weight excluding hydrogens is 356 g/mol. The van der Waals surface area contributed by atoms with Crippen LogP contribution in [0.3, 0.4) is 0 Å². The van der Waals surface area contributed by atoms with Gasteiger partial charge in [-0.1, -0.05) is 29.8 Å². The predicted molar refractivity (Wildman–Crippen MR) is 98.3 cm³/mol. The van der Waals surface area contributed by atoms with Crippen LogP contribution in [0.15, 0.2) is 56.7 Å². The van der Waals surface area contributed by atoms with E-state index >= 15 is 0 Å². The quantitative estimate of drug-likeness (QED) is 0.733. The summed E-state index contributed by atoms with van der Waals surface area (Å²) in [6, 6.07) is 11.0. The predicted octanol–water partition coefficient (Wildman–Crippen LogP) is 2.22. The van der Waals surface area contributed by atoms with E-state index in [-0.39, 0.29) is 12.1 Å². The fourth-order valence-electron chi connectivity index (χ4n) is 3.11. The van der Waals surface area contributed by atoms with Gasteiger partial charge in [-0.15, -0.1) is 0 Å². The Morgan fingerprint density at radius 3 is 2.73 bits per heavy atom. The van der Waals surface area contributed by atoms with Crippen molar-refractivity contribution in [1.82, 2.24) is 14.5 Å². The Balaban J connectivity index is 1.67. The van der Waals surface area contributed by atoms with E-state index in [9.17, 15) is 9.59 Å². The number of anilines is 1. The van der Waals surface area contributed by atoms with E-state index in [4.69, 9.17) is 16.0 Å². The van der Waals surface area contributed by atoms with Crippen molar-refractivity contribution in [2.24, 2.45) is 0 Å². The number of hydrogen-bond donors (Lipinski definition) is 2. The standard InChI is InChI=1S/C18H17ClN4O3/c19-15-6-2-1-4-12(15)8-23-16-14(17(24)21-18(23)25)10-22(11-20-16)9-13-5-3-7-26-13/h1-7,20H,8-11H2,(H,21,24,25). The number of aromatic amines is 1. The molecule has 0 saturated heterocycles. The van der Waals surface area contributed by atoms with Crippen LogP contribution in [0.25, 0.3) is 0 Å². The number of benzene rings is 1. The lowest BCUT2D eigenvalue weighted by Gasteiger charge is -2.30. The molecule has 0 unspecified atom stereocenters. The number of hydrogen-bond acceptors (Lipinski definition) is 5. The van der Waals surface area contributed by atoms with Crippen molar-refractivity contribution in [2.75, 3.05) is 12.0 Å². The maximum atomic E-state index is 12.4. The normalized spacial score (nSPS) is 14.0. The molecule has 0 saturated carbocycles. The highest BCUT2D eigenvalue weighted by molar-refractivity contribution is 6.31. The molecule has 0 radical (unpaired) electrons. The summed E-state index contributed by atoms with van der Waals surface area (Å²) in [5.41, 5.74) is 0.498. The Morgan fingerprint density at radius 1 is 1.12 bits per heavy atom. The minimum Gasteiger partial charge on any atom is -0.468 e. The second kappa shape index (κ2) is 6.86. The first-order valence-electron chi connectivity index (χ1n) is 8.20. The van der Waals surface area contributed by atoms with Crippen molar-refractivity contribution >= 4 is 17.4 Å². The van der Waals surface area contributed by atoms with Gasteiger partial charge in [-0.25, -0.2) is 4.79 Å². The monoisotopic (exact) mass is 372 g/mol. The van der Waals surface area contributed by atoms with Gasteiger partial charge >= 0.3 is 5.69 Å². The van der Waals surface area contributed by atoms with Gasteiger partial charge in [-0.2, -0.15) is 0 Å². The van der Waals surface area contributed by atoms with Crippen LogP contribution in [-0.4, -0.2) is 21.1 Å². The van der Waals surface area contributed by atoms with Crippen LogP contribution in [0.2, 0.25) is 5.02 Å². The molecule has 2 N–H and O–H groups in total. The van der Waals surface area contributed by atoms with E-state index in [1.54, 1.807) is 12.3 Å². The molecule has 0 fully saturated rings. The molecule has 1 aromatic carbocycles. The zero-order valence-corrected chi connectivity index (χ0v) is 14.6. The van der Waals surface area contributed by atoms with Crippen LogP contribution >= 0.6 is 11.6 Å². The molecule has 0 bridgehead atoms. The molecule has 2 aromatic heterocycles. The minimum atomic E-state index is -0.458. The Bertz CT molecular complexity index is 1040. The number of fused-ring (bicyclic) bond motifs is 1. The fraction of sp³-hybridized carbons (Fsp3) is 0.222. The molecule has 0 atom stereocenters. The summed E-state index contributed by atoms with van der Waals surface area (Å²) in [7, 11) is 0. The van der Waals surface area contributed by atoms with Gasteiger partial charge in [0.15, 0.2) is 0 Å². The number of furan rings is 1. The second-order valence-electron chi connectivity index (χ2n) is 6.17. The lowest BCUT2D eigenvalue weighted by molar-refractivity contribution is 0.240.